The van der Waals surface area contributed by atoms with Crippen LogP contribution in [-0.4, -0.2) is 11.5 Å². The zero-order valence-electron chi connectivity index (χ0n) is 9.66. The van der Waals surface area contributed by atoms with Gasteiger partial charge in [0.2, 0.25) is 0 Å². The zero-order chi connectivity index (χ0) is 11.5. The van der Waals surface area contributed by atoms with E-state index in [0.717, 1.165) is 17.1 Å². The minimum absolute atomic E-state index is 0.667. The third kappa shape index (κ3) is 2.31. The minimum Gasteiger partial charge on any atom is -0.330 e. The number of benzene rings is 1. The molecule has 0 atom stereocenters. The van der Waals surface area contributed by atoms with Crippen molar-refractivity contribution in [2.75, 3.05) is 6.54 Å². The molecule has 1 aromatic heterocycles. The van der Waals surface area contributed by atoms with Crippen molar-refractivity contribution in [3.8, 4) is 11.3 Å². The number of thiazole rings is 1. The molecule has 0 fully saturated rings. The molecule has 2 N–H and O–H groups in total. The topological polar surface area (TPSA) is 38.9 Å². The Morgan fingerprint density at radius 2 is 2.12 bits per heavy atom. The Morgan fingerprint density at radius 3 is 2.81 bits per heavy atom. The Balaban J connectivity index is 2.35. The van der Waals surface area contributed by atoms with Crippen molar-refractivity contribution < 1.29 is 0 Å². The first-order valence-corrected chi connectivity index (χ1v) is 6.31. The predicted molar refractivity (Wildman–Crippen MR) is 69.8 cm³/mol. The van der Waals surface area contributed by atoms with Crippen molar-refractivity contribution in [2.45, 2.75) is 20.3 Å². The number of nitrogens with zero attached hydrogens (tertiary/aromatic N) is 1. The first-order valence-electron chi connectivity index (χ1n) is 5.43. The van der Waals surface area contributed by atoms with Crippen molar-refractivity contribution in [2.24, 2.45) is 5.73 Å². The third-order valence-electron chi connectivity index (χ3n) is 2.57. The van der Waals surface area contributed by atoms with Crippen LogP contribution in [0.5, 0.6) is 0 Å². The average molecular weight is 232 g/mol. The van der Waals surface area contributed by atoms with E-state index in [0.29, 0.717) is 6.54 Å². The molecule has 0 aliphatic carbocycles. The summed E-state index contributed by atoms with van der Waals surface area (Å²) in [7, 11) is 0. The lowest BCUT2D eigenvalue weighted by Crippen LogP contribution is -2.02. The molecule has 84 valence electrons. The first-order chi connectivity index (χ1) is 7.70. The van der Waals surface area contributed by atoms with E-state index in [9.17, 15) is 0 Å². The second-order valence-electron chi connectivity index (χ2n) is 3.98. The van der Waals surface area contributed by atoms with Crippen LogP contribution in [0.4, 0.5) is 0 Å². The Labute approximate surface area is 100 Å². The van der Waals surface area contributed by atoms with Gasteiger partial charge in [0.25, 0.3) is 0 Å². The molecule has 0 bridgehead atoms. The van der Waals surface area contributed by atoms with Crippen LogP contribution in [0.2, 0.25) is 0 Å². The molecule has 3 heteroatoms. The van der Waals surface area contributed by atoms with Gasteiger partial charge in [-0.2, -0.15) is 0 Å². The molecule has 1 aromatic carbocycles. The summed E-state index contributed by atoms with van der Waals surface area (Å²) in [5, 5.41) is 3.24. The van der Waals surface area contributed by atoms with Crippen LogP contribution in [-0.2, 0) is 6.42 Å². The number of rotatable bonds is 3. The highest BCUT2D eigenvalue weighted by molar-refractivity contribution is 7.09. The fourth-order valence-corrected chi connectivity index (χ4v) is 2.59. The van der Waals surface area contributed by atoms with Crippen LogP contribution >= 0.6 is 11.3 Å². The molecule has 0 spiro atoms. The smallest absolute Gasteiger partial charge is 0.0945 e. The third-order valence-corrected chi connectivity index (χ3v) is 3.48. The van der Waals surface area contributed by atoms with Gasteiger partial charge in [-0.15, -0.1) is 11.3 Å². The summed E-state index contributed by atoms with van der Waals surface area (Å²) in [6.45, 7) is 4.90. The molecule has 0 saturated carbocycles. The maximum absolute atomic E-state index is 5.52. The summed E-state index contributed by atoms with van der Waals surface area (Å²) in [4.78, 5) is 4.60. The molecule has 0 amide bonds. The normalized spacial score (nSPS) is 10.7. The lowest BCUT2D eigenvalue weighted by atomic mass is 10.0. The Hall–Kier alpha value is -1.19. The second-order valence-corrected chi connectivity index (χ2v) is 4.93. The second kappa shape index (κ2) is 4.76. The van der Waals surface area contributed by atoms with Crippen LogP contribution in [0, 0.1) is 13.8 Å². The van der Waals surface area contributed by atoms with Crippen LogP contribution < -0.4 is 5.73 Å². The van der Waals surface area contributed by atoms with E-state index >= 15 is 0 Å². The molecule has 0 radical (unpaired) electrons. The maximum atomic E-state index is 5.52. The Bertz CT molecular complexity index is 488. The van der Waals surface area contributed by atoms with E-state index in [2.05, 4.69) is 42.4 Å². The maximum Gasteiger partial charge on any atom is 0.0945 e. The average Bonchev–Trinajstić information content (AvgIpc) is 2.67. The van der Waals surface area contributed by atoms with E-state index in [1.54, 1.807) is 11.3 Å². The molecular formula is C13H16N2S. The van der Waals surface area contributed by atoms with Gasteiger partial charge in [-0.3, -0.25) is 0 Å². The van der Waals surface area contributed by atoms with Crippen molar-refractivity contribution >= 4 is 11.3 Å². The molecule has 16 heavy (non-hydrogen) atoms. The van der Waals surface area contributed by atoms with Crippen LogP contribution in [0.1, 0.15) is 16.1 Å². The molecule has 2 rings (SSSR count). The molecule has 0 saturated heterocycles. The Kier molecular flexibility index (Phi) is 3.36. The highest BCUT2D eigenvalue weighted by atomic mass is 32.1. The van der Waals surface area contributed by atoms with Gasteiger partial charge in [-0.1, -0.05) is 23.8 Å². The largest absolute Gasteiger partial charge is 0.330 e. The zero-order valence-corrected chi connectivity index (χ0v) is 10.5. The van der Waals surface area contributed by atoms with Gasteiger partial charge in [0.05, 0.1) is 10.7 Å². The van der Waals surface area contributed by atoms with E-state index in [1.807, 2.05) is 0 Å². The molecule has 0 unspecified atom stereocenters. The summed E-state index contributed by atoms with van der Waals surface area (Å²) in [5.41, 5.74) is 10.4. The highest BCUT2D eigenvalue weighted by Crippen LogP contribution is 2.25. The number of hydrogen-bond donors (Lipinski definition) is 1. The summed E-state index contributed by atoms with van der Waals surface area (Å²) in [6.07, 6.45) is 0.871. The lowest BCUT2D eigenvalue weighted by Gasteiger charge is -2.03. The number of aryl methyl sites for hydroxylation is 2. The molecule has 0 aliphatic heterocycles. The molecule has 0 aliphatic rings. The number of aromatic nitrogens is 1. The monoisotopic (exact) mass is 232 g/mol. The summed E-state index contributed by atoms with van der Waals surface area (Å²) in [6, 6.07) is 6.47. The lowest BCUT2D eigenvalue weighted by molar-refractivity contribution is 0.954. The van der Waals surface area contributed by atoms with Crippen molar-refractivity contribution in [1.82, 2.24) is 4.98 Å². The predicted octanol–water partition coefficient (Wildman–Crippen LogP) is 2.93. The van der Waals surface area contributed by atoms with Crippen molar-refractivity contribution in [3.63, 3.8) is 0 Å². The fourth-order valence-electron chi connectivity index (χ4n) is 1.77. The quantitative estimate of drug-likeness (QED) is 0.883. The molecule has 2 aromatic rings. The van der Waals surface area contributed by atoms with Crippen LogP contribution in [0.15, 0.2) is 23.6 Å². The van der Waals surface area contributed by atoms with Gasteiger partial charge in [0.1, 0.15) is 0 Å². The SMILES string of the molecule is Cc1ccc(-c2csc(CCN)n2)c(C)c1. The number of nitrogens with two attached hydrogens (primary N) is 1. The minimum atomic E-state index is 0.667. The van der Waals surface area contributed by atoms with Gasteiger partial charge in [0, 0.05) is 17.4 Å². The molecule has 2 nitrogen and oxygen atoms in total. The molecular weight excluding hydrogens is 216 g/mol. The van der Waals surface area contributed by atoms with E-state index < -0.39 is 0 Å². The molecule has 1 heterocycles. The van der Waals surface area contributed by atoms with Crippen LogP contribution in [0.3, 0.4) is 0 Å². The van der Waals surface area contributed by atoms with Gasteiger partial charge in [0.15, 0.2) is 0 Å². The Morgan fingerprint density at radius 1 is 1.31 bits per heavy atom. The fraction of sp³-hybridized carbons (Fsp3) is 0.308. The van der Waals surface area contributed by atoms with E-state index in [4.69, 9.17) is 5.73 Å². The van der Waals surface area contributed by atoms with Crippen LogP contribution in [0.25, 0.3) is 11.3 Å². The summed E-state index contributed by atoms with van der Waals surface area (Å²) >= 11 is 1.69. The van der Waals surface area contributed by atoms with Crippen molar-refractivity contribution in [3.05, 3.63) is 39.7 Å². The standard InChI is InChI=1S/C13H16N2S/c1-9-3-4-11(10(2)7-9)12-8-16-13(15-12)5-6-14/h3-4,7-8H,5-6,14H2,1-2H3. The summed E-state index contributed by atoms with van der Waals surface area (Å²) in [5.74, 6) is 0. The van der Waals surface area contributed by atoms with Gasteiger partial charge < -0.3 is 5.73 Å². The van der Waals surface area contributed by atoms with Gasteiger partial charge >= 0.3 is 0 Å². The van der Waals surface area contributed by atoms with E-state index in [1.165, 1.54) is 16.7 Å². The number of hydrogen-bond acceptors (Lipinski definition) is 3. The van der Waals surface area contributed by atoms with E-state index in [-0.39, 0.29) is 0 Å². The highest BCUT2D eigenvalue weighted by Gasteiger charge is 2.06. The van der Waals surface area contributed by atoms with Crippen molar-refractivity contribution in [1.29, 1.82) is 0 Å². The summed E-state index contributed by atoms with van der Waals surface area (Å²) < 4.78 is 0. The first kappa shape index (κ1) is 11.3. The van der Waals surface area contributed by atoms with Gasteiger partial charge in [-0.25, -0.2) is 4.98 Å². The van der Waals surface area contributed by atoms with Gasteiger partial charge in [-0.05, 0) is 26.0 Å².